The maximum atomic E-state index is 13.6. The summed E-state index contributed by atoms with van der Waals surface area (Å²) in [6, 6.07) is 28.5. The molecule has 1 atom stereocenters. The van der Waals surface area contributed by atoms with Crippen LogP contribution in [-0.2, 0) is 22.6 Å². The molecule has 184 valence electrons. The van der Waals surface area contributed by atoms with Crippen molar-refractivity contribution in [3.05, 3.63) is 111 Å². The van der Waals surface area contributed by atoms with E-state index < -0.39 is 6.04 Å². The van der Waals surface area contributed by atoms with E-state index in [9.17, 15) is 9.59 Å². The summed E-state index contributed by atoms with van der Waals surface area (Å²) >= 11 is 7.07. The van der Waals surface area contributed by atoms with Crippen LogP contribution in [-0.4, -0.2) is 36.4 Å². The van der Waals surface area contributed by atoms with Crippen molar-refractivity contribution >= 4 is 54.4 Å². The molecule has 4 aromatic rings. The Morgan fingerprint density at radius 2 is 1.56 bits per heavy atom. The third-order valence-electron chi connectivity index (χ3n) is 5.96. The number of nitrogens with one attached hydrogen (secondary N) is 1. The van der Waals surface area contributed by atoms with Gasteiger partial charge in [0.2, 0.25) is 5.91 Å². The number of amides is 2. The molecular formula is C29H26Br2N2O3. The van der Waals surface area contributed by atoms with E-state index in [1.54, 1.807) is 11.9 Å². The van der Waals surface area contributed by atoms with Gasteiger partial charge in [-0.05, 0) is 56.0 Å². The predicted molar refractivity (Wildman–Crippen MR) is 150 cm³/mol. The summed E-state index contributed by atoms with van der Waals surface area (Å²) in [5.41, 5.74) is 1.89. The van der Waals surface area contributed by atoms with Crippen molar-refractivity contribution in [1.29, 1.82) is 0 Å². The standard InChI is InChI=1S/C29H26Br2N2O3/c1-32-29(35)25(17-20-7-3-2-4-8-20)33(18-21-11-14-23(30)15-12-21)27(34)19-36-26-16-13-22-9-5-6-10-24(22)28(26)31/h2-16,25H,17-19H2,1H3,(H,32,35)/t25-/m0/s1. The monoisotopic (exact) mass is 608 g/mol. The summed E-state index contributed by atoms with van der Waals surface area (Å²) in [7, 11) is 1.59. The minimum Gasteiger partial charge on any atom is -0.483 e. The molecule has 0 unspecified atom stereocenters. The van der Waals surface area contributed by atoms with E-state index >= 15 is 0 Å². The lowest BCUT2D eigenvalue weighted by Gasteiger charge is -2.31. The molecule has 5 nitrogen and oxygen atoms in total. The van der Waals surface area contributed by atoms with Gasteiger partial charge in [-0.25, -0.2) is 0 Å². The van der Waals surface area contributed by atoms with Gasteiger partial charge in [0, 0.05) is 24.5 Å². The molecule has 0 heterocycles. The van der Waals surface area contributed by atoms with Gasteiger partial charge < -0.3 is 15.0 Å². The van der Waals surface area contributed by atoms with Gasteiger partial charge in [0.25, 0.3) is 5.91 Å². The molecule has 36 heavy (non-hydrogen) atoms. The Kier molecular flexibility index (Phi) is 8.78. The fourth-order valence-corrected chi connectivity index (χ4v) is 4.93. The minimum atomic E-state index is -0.697. The van der Waals surface area contributed by atoms with Crippen LogP contribution >= 0.6 is 31.9 Å². The van der Waals surface area contributed by atoms with Crippen molar-refractivity contribution in [3.63, 3.8) is 0 Å². The van der Waals surface area contributed by atoms with Crippen molar-refractivity contribution in [2.75, 3.05) is 13.7 Å². The molecule has 0 aliphatic rings. The van der Waals surface area contributed by atoms with Crippen molar-refractivity contribution in [3.8, 4) is 5.75 Å². The number of hydrogen-bond acceptors (Lipinski definition) is 3. The van der Waals surface area contributed by atoms with Crippen LogP contribution in [0, 0.1) is 0 Å². The zero-order chi connectivity index (χ0) is 25.5. The Morgan fingerprint density at radius 3 is 2.28 bits per heavy atom. The first kappa shape index (κ1) is 25.9. The summed E-state index contributed by atoms with van der Waals surface area (Å²) in [6.07, 6.45) is 0.391. The molecule has 0 saturated heterocycles. The van der Waals surface area contributed by atoms with E-state index in [-0.39, 0.29) is 25.0 Å². The SMILES string of the molecule is CNC(=O)[C@H](Cc1ccccc1)N(Cc1ccc(Br)cc1)C(=O)COc1ccc2ccccc2c1Br. The molecule has 0 aliphatic carbocycles. The number of benzene rings is 4. The second-order valence-corrected chi connectivity index (χ2v) is 10.1. The van der Waals surface area contributed by atoms with Crippen LogP contribution in [0.1, 0.15) is 11.1 Å². The van der Waals surface area contributed by atoms with Crippen molar-refractivity contribution in [1.82, 2.24) is 10.2 Å². The van der Waals surface area contributed by atoms with Crippen LogP contribution in [0.25, 0.3) is 10.8 Å². The molecule has 2 amide bonds. The average molecular weight is 610 g/mol. The number of carbonyl (C=O) groups is 2. The first-order valence-corrected chi connectivity index (χ1v) is 13.1. The lowest BCUT2D eigenvalue weighted by Crippen LogP contribution is -2.51. The first-order valence-electron chi connectivity index (χ1n) is 11.6. The van der Waals surface area contributed by atoms with Gasteiger partial charge >= 0.3 is 0 Å². The van der Waals surface area contributed by atoms with Crippen LogP contribution in [0.3, 0.4) is 0 Å². The molecule has 4 aromatic carbocycles. The second-order valence-electron chi connectivity index (χ2n) is 8.36. The van der Waals surface area contributed by atoms with Crippen LogP contribution in [0.4, 0.5) is 0 Å². The third-order valence-corrected chi connectivity index (χ3v) is 7.31. The van der Waals surface area contributed by atoms with Gasteiger partial charge in [0.15, 0.2) is 6.61 Å². The number of carbonyl (C=O) groups excluding carboxylic acids is 2. The second kappa shape index (κ2) is 12.2. The molecule has 0 radical (unpaired) electrons. The number of fused-ring (bicyclic) bond motifs is 1. The summed E-state index contributed by atoms with van der Waals surface area (Å²) in [4.78, 5) is 28.2. The summed E-state index contributed by atoms with van der Waals surface area (Å²) in [5, 5.41) is 4.80. The molecule has 4 rings (SSSR count). The number of rotatable bonds is 9. The molecule has 7 heteroatoms. The van der Waals surface area contributed by atoms with Gasteiger partial charge in [-0.1, -0.05) is 88.7 Å². The van der Waals surface area contributed by atoms with E-state index in [4.69, 9.17) is 4.74 Å². The van der Waals surface area contributed by atoms with Gasteiger partial charge in [0.1, 0.15) is 11.8 Å². The predicted octanol–water partition coefficient (Wildman–Crippen LogP) is 6.13. The van der Waals surface area contributed by atoms with Gasteiger partial charge in [-0.3, -0.25) is 9.59 Å². The Bertz CT molecular complexity index is 1340. The molecule has 0 bridgehead atoms. The number of halogens is 2. The highest BCUT2D eigenvalue weighted by atomic mass is 79.9. The highest BCUT2D eigenvalue weighted by molar-refractivity contribution is 9.11. The number of ether oxygens (including phenoxy) is 1. The molecule has 0 spiro atoms. The number of likely N-dealkylation sites (N-methyl/N-ethyl adjacent to an activating group) is 1. The van der Waals surface area contributed by atoms with E-state index in [2.05, 4.69) is 37.2 Å². The van der Waals surface area contributed by atoms with E-state index in [1.165, 1.54) is 0 Å². The van der Waals surface area contributed by atoms with E-state index in [0.717, 1.165) is 30.8 Å². The first-order chi connectivity index (χ1) is 17.5. The van der Waals surface area contributed by atoms with E-state index in [1.807, 2.05) is 91.0 Å². The van der Waals surface area contributed by atoms with Crippen LogP contribution < -0.4 is 10.1 Å². The Morgan fingerprint density at radius 1 is 0.861 bits per heavy atom. The molecule has 0 aliphatic heterocycles. The van der Waals surface area contributed by atoms with E-state index in [0.29, 0.717) is 12.2 Å². The van der Waals surface area contributed by atoms with Crippen LogP contribution in [0.5, 0.6) is 5.75 Å². The van der Waals surface area contributed by atoms with Gasteiger partial charge in [0.05, 0.1) is 4.47 Å². The number of nitrogens with zero attached hydrogens (tertiary/aromatic N) is 1. The highest BCUT2D eigenvalue weighted by Crippen LogP contribution is 2.33. The maximum absolute atomic E-state index is 13.6. The average Bonchev–Trinajstić information content (AvgIpc) is 2.91. The fourth-order valence-electron chi connectivity index (χ4n) is 4.05. The Labute approximate surface area is 227 Å². The molecular weight excluding hydrogens is 584 g/mol. The molecule has 0 fully saturated rings. The van der Waals surface area contributed by atoms with Crippen LogP contribution in [0.2, 0.25) is 0 Å². The minimum absolute atomic E-state index is 0.199. The van der Waals surface area contributed by atoms with Crippen molar-refractivity contribution in [2.24, 2.45) is 0 Å². The smallest absolute Gasteiger partial charge is 0.261 e. The normalized spacial score (nSPS) is 11.6. The topological polar surface area (TPSA) is 58.6 Å². The molecule has 0 saturated carbocycles. The maximum Gasteiger partial charge on any atom is 0.261 e. The summed E-state index contributed by atoms with van der Waals surface area (Å²) < 4.78 is 7.72. The fraction of sp³-hybridized carbons (Fsp3) is 0.172. The zero-order valence-corrected chi connectivity index (χ0v) is 23.0. The lowest BCUT2D eigenvalue weighted by molar-refractivity contribution is -0.142. The largest absolute Gasteiger partial charge is 0.483 e. The van der Waals surface area contributed by atoms with Gasteiger partial charge in [-0.15, -0.1) is 0 Å². The lowest BCUT2D eigenvalue weighted by atomic mass is 10.0. The summed E-state index contributed by atoms with van der Waals surface area (Å²) in [6.45, 7) is 0.0784. The summed E-state index contributed by atoms with van der Waals surface area (Å²) in [5.74, 6) is 0.0731. The Hall–Kier alpha value is -3.16. The molecule has 0 aromatic heterocycles. The van der Waals surface area contributed by atoms with Crippen molar-refractivity contribution in [2.45, 2.75) is 19.0 Å². The van der Waals surface area contributed by atoms with Crippen molar-refractivity contribution < 1.29 is 14.3 Å². The van der Waals surface area contributed by atoms with Crippen LogP contribution in [0.15, 0.2) is 99.9 Å². The van der Waals surface area contributed by atoms with Gasteiger partial charge in [-0.2, -0.15) is 0 Å². The Balaban J connectivity index is 1.61. The zero-order valence-electron chi connectivity index (χ0n) is 19.8. The third kappa shape index (κ3) is 6.33. The quantitative estimate of drug-likeness (QED) is 0.248. The molecule has 1 N–H and O–H groups in total. The number of hydrogen-bond donors (Lipinski definition) is 1. The highest BCUT2D eigenvalue weighted by Gasteiger charge is 2.30.